The van der Waals surface area contributed by atoms with Crippen molar-refractivity contribution in [2.45, 2.75) is 13.1 Å². The summed E-state index contributed by atoms with van der Waals surface area (Å²) in [5, 5.41) is 12.2. The fraction of sp³-hybridized carbons (Fsp3) is 0.429. The van der Waals surface area contributed by atoms with E-state index in [2.05, 4.69) is 5.10 Å². The van der Waals surface area contributed by atoms with E-state index in [9.17, 15) is 9.18 Å². The predicted molar refractivity (Wildman–Crippen MR) is 39.4 cm³/mol. The number of aromatic nitrogens is 2. The van der Waals surface area contributed by atoms with Crippen molar-refractivity contribution in [1.29, 1.82) is 0 Å². The summed E-state index contributed by atoms with van der Waals surface area (Å²) in [5.41, 5.74) is 0.677. The summed E-state index contributed by atoms with van der Waals surface area (Å²) >= 11 is 0. The van der Waals surface area contributed by atoms with Crippen LogP contribution in [0.5, 0.6) is 0 Å². The topological polar surface area (TPSA) is 55.1 Å². The summed E-state index contributed by atoms with van der Waals surface area (Å²) in [6, 6.07) is 1.42. The van der Waals surface area contributed by atoms with Gasteiger partial charge in [-0.05, 0) is 13.0 Å². The number of alkyl halides is 1. The Labute approximate surface area is 68.6 Å². The molecule has 0 aliphatic carbocycles. The van der Waals surface area contributed by atoms with E-state index in [-0.39, 0.29) is 5.69 Å². The molecule has 1 atom stereocenters. The molecule has 1 rings (SSSR count). The molecule has 0 amide bonds. The molecule has 0 saturated carbocycles. The van der Waals surface area contributed by atoms with Gasteiger partial charge in [0.2, 0.25) is 6.17 Å². The molecule has 0 radical (unpaired) electrons. The molecule has 0 aromatic carbocycles. The van der Waals surface area contributed by atoms with E-state index in [0.717, 1.165) is 0 Å². The Hall–Kier alpha value is -1.39. The number of hydrogen-bond donors (Lipinski definition) is 1. The highest BCUT2D eigenvalue weighted by atomic mass is 19.1. The van der Waals surface area contributed by atoms with E-state index in [4.69, 9.17) is 5.11 Å². The van der Waals surface area contributed by atoms with Crippen molar-refractivity contribution in [2.24, 2.45) is 7.05 Å². The monoisotopic (exact) mass is 172 g/mol. The van der Waals surface area contributed by atoms with Crippen molar-refractivity contribution < 1.29 is 14.3 Å². The molecule has 1 N–H and O–H groups in total. The van der Waals surface area contributed by atoms with Crippen molar-refractivity contribution in [3.63, 3.8) is 0 Å². The quantitative estimate of drug-likeness (QED) is 0.718. The first-order chi connectivity index (χ1) is 5.52. The number of aryl methyl sites for hydroxylation is 2. The maximum absolute atomic E-state index is 12.9. The van der Waals surface area contributed by atoms with Crippen LogP contribution in [0.3, 0.4) is 0 Å². The number of hydrogen-bond acceptors (Lipinski definition) is 2. The van der Waals surface area contributed by atoms with Gasteiger partial charge in [-0.15, -0.1) is 0 Å². The fourth-order valence-corrected chi connectivity index (χ4v) is 0.994. The molecule has 4 nitrogen and oxygen atoms in total. The third-order valence-corrected chi connectivity index (χ3v) is 1.51. The highest BCUT2D eigenvalue weighted by Crippen LogP contribution is 2.17. The maximum atomic E-state index is 12.9. The van der Waals surface area contributed by atoms with Gasteiger partial charge in [0.05, 0.1) is 11.4 Å². The van der Waals surface area contributed by atoms with Crippen molar-refractivity contribution in [3.05, 3.63) is 17.5 Å². The minimum absolute atomic E-state index is 0.0694. The van der Waals surface area contributed by atoms with Gasteiger partial charge in [0.15, 0.2) is 0 Å². The molecule has 0 aliphatic heterocycles. The third-order valence-electron chi connectivity index (χ3n) is 1.51. The van der Waals surface area contributed by atoms with Gasteiger partial charge in [0, 0.05) is 7.05 Å². The van der Waals surface area contributed by atoms with Crippen molar-refractivity contribution in [3.8, 4) is 0 Å². The molecule has 0 bridgehead atoms. The maximum Gasteiger partial charge on any atom is 0.344 e. The average molecular weight is 172 g/mol. The SMILES string of the molecule is Cc1cc(C(F)C(=O)O)n(C)n1. The Morgan fingerprint density at radius 3 is 2.75 bits per heavy atom. The van der Waals surface area contributed by atoms with Crippen LogP contribution in [-0.4, -0.2) is 20.9 Å². The summed E-state index contributed by atoms with van der Waals surface area (Å²) in [5.74, 6) is -1.49. The molecule has 1 aromatic rings. The normalized spacial score (nSPS) is 12.9. The van der Waals surface area contributed by atoms with Gasteiger partial charge in [-0.25, -0.2) is 9.18 Å². The minimum Gasteiger partial charge on any atom is -0.479 e. The summed E-state index contributed by atoms with van der Waals surface area (Å²) in [6.07, 6.45) is -1.99. The summed E-state index contributed by atoms with van der Waals surface area (Å²) in [4.78, 5) is 10.2. The Kier molecular flexibility index (Phi) is 2.12. The molecule has 1 aromatic heterocycles. The summed E-state index contributed by atoms with van der Waals surface area (Å²) in [7, 11) is 1.51. The highest BCUT2D eigenvalue weighted by molar-refractivity contribution is 5.73. The molecule has 0 spiro atoms. The van der Waals surface area contributed by atoms with E-state index in [1.54, 1.807) is 6.92 Å². The Bertz CT molecular complexity index is 308. The Balaban J connectivity index is 3.02. The number of halogens is 1. The van der Waals surface area contributed by atoms with Gasteiger partial charge >= 0.3 is 5.97 Å². The van der Waals surface area contributed by atoms with Crippen LogP contribution in [0, 0.1) is 6.92 Å². The third kappa shape index (κ3) is 1.44. The lowest BCUT2D eigenvalue weighted by molar-refractivity contribution is -0.143. The van der Waals surface area contributed by atoms with Gasteiger partial charge in [-0.3, -0.25) is 4.68 Å². The predicted octanol–water partition coefficient (Wildman–Crippen LogP) is 0.824. The minimum atomic E-state index is -1.99. The average Bonchev–Trinajstić information content (AvgIpc) is 2.28. The molecule has 0 aliphatic rings. The molecule has 1 unspecified atom stereocenters. The first-order valence-electron chi connectivity index (χ1n) is 3.40. The van der Waals surface area contributed by atoms with Gasteiger partial charge in [0.1, 0.15) is 0 Å². The number of nitrogens with zero attached hydrogens (tertiary/aromatic N) is 2. The zero-order valence-corrected chi connectivity index (χ0v) is 6.78. The van der Waals surface area contributed by atoms with Gasteiger partial charge in [-0.1, -0.05) is 0 Å². The fourth-order valence-electron chi connectivity index (χ4n) is 0.994. The number of carboxylic acid groups (broad SMARTS) is 1. The zero-order chi connectivity index (χ0) is 9.30. The standard InChI is InChI=1S/C7H9FN2O2/c1-4-3-5(10(2)9-4)6(8)7(11)12/h3,6H,1-2H3,(H,11,12). The first kappa shape index (κ1) is 8.70. The number of carbonyl (C=O) groups is 1. The van der Waals surface area contributed by atoms with Crippen LogP contribution in [0.1, 0.15) is 17.6 Å². The van der Waals surface area contributed by atoms with Crippen LogP contribution >= 0.6 is 0 Å². The molecular formula is C7H9FN2O2. The van der Waals surface area contributed by atoms with Gasteiger partial charge in [0.25, 0.3) is 0 Å². The second-order valence-electron chi connectivity index (χ2n) is 2.53. The second kappa shape index (κ2) is 2.92. The van der Waals surface area contributed by atoms with Crippen LogP contribution < -0.4 is 0 Å². The smallest absolute Gasteiger partial charge is 0.344 e. The molecule has 1 heterocycles. The summed E-state index contributed by atoms with van der Waals surface area (Å²) in [6.45, 7) is 1.68. The number of rotatable bonds is 2. The second-order valence-corrected chi connectivity index (χ2v) is 2.53. The lowest BCUT2D eigenvalue weighted by Crippen LogP contribution is -2.10. The van der Waals surface area contributed by atoms with Crippen molar-refractivity contribution in [1.82, 2.24) is 9.78 Å². The molecule has 5 heteroatoms. The lowest BCUT2D eigenvalue weighted by Gasteiger charge is -2.01. The van der Waals surface area contributed by atoms with Crippen LogP contribution in [0.25, 0.3) is 0 Å². The van der Waals surface area contributed by atoms with E-state index >= 15 is 0 Å². The van der Waals surface area contributed by atoms with Crippen molar-refractivity contribution in [2.75, 3.05) is 0 Å². The highest BCUT2D eigenvalue weighted by Gasteiger charge is 2.22. The lowest BCUT2D eigenvalue weighted by atomic mass is 10.2. The van der Waals surface area contributed by atoms with Gasteiger partial charge in [-0.2, -0.15) is 5.10 Å². The van der Waals surface area contributed by atoms with Gasteiger partial charge < -0.3 is 5.11 Å². The zero-order valence-electron chi connectivity index (χ0n) is 6.78. The van der Waals surface area contributed by atoms with E-state index in [1.807, 2.05) is 0 Å². The summed E-state index contributed by atoms with van der Waals surface area (Å²) < 4.78 is 14.1. The molecule has 66 valence electrons. The largest absolute Gasteiger partial charge is 0.479 e. The number of carboxylic acids is 1. The van der Waals surface area contributed by atoms with Crippen LogP contribution in [0.2, 0.25) is 0 Å². The molecule has 12 heavy (non-hydrogen) atoms. The molecule has 0 saturated heterocycles. The molecule has 0 fully saturated rings. The van der Waals surface area contributed by atoms with Crippen molar-refractivity contribution >= 4 is 5.97 Å². The Morgan fingerprint density at radius 1 is 1.83 bits per heavy atom. The van der Waals surface area contributed by atoms with E-state index in [1.165, 1.54) is 17.8 Å². The van der Waals surface area contributed by atoms with Crippen LogP contribution in [0.15, 0.2) is 6.07 Å². The van der Waals surface area contributed by atoms with E-state index in [0.29, 0.717) is 5.69 Å². The molecular weight excluding hydrogens is 163 g/mol. The van der Waals surface area contributed by atoms with Crippen LogP contribution in [-0.2, 0) is 11.8 Å². The van der Waals surface area contributed by atoms with Crippen LogP contribution in [0.4, 0.5) is 4.39 Å². The van der Waals surface area contributed by atoms with E-state index < -0.39 is 12.1 Å². The number of aliphatic carboxylic acids is 1. The Morgan fingerprint density at radius 2 is 2.42 bits per heavy atom. The first-order valence-corrected chi connectivity index (χ1v) is 3.40.